The molecule has 0 spiro atoms. The maximum absolute atomic E-state index is 10.9. The highest BCUT2D eigenvalue weighted by Gasteiger charge is 2.43. The van der Waals surface area contributed by atoms with Crippen LogP contribution in [0.4, 0.5) is 0 Å². The first-order chi connectivity index (χ1) is 9.78. The lowest BCUT2D eigenvalue weighted by molar-refractivity contribution is -0.0234. The average molecular weight is 354 g/mol. The summed E-state index contributed by atoms with van der Waals surface area (Å²) < 4.78 is 1.04. The van der Waals surface area contributed by atoms with Crippen molar-refractivity contribution in [3.63, 3.8) is 0 Å². The van der Waals surface area contributed by atoms with E-state index in [-0.39, 0.29) is 5.41 Å². The van der Waals surface area contributed by atoms with Crippen molar-refractivity contribution in [1.82, 2.24) is 0 Å². The second-order valence-electron chi connectivity index (χ2n) is 7.66. The van der Waals surface area contributed by atoms with Crippen LogP contribution in [0.3, 0.4) is 0 Å². The molecule has 1 unspecified atom stereocenters. The fraction of sp³-hybridized carbons (Fsp3) is 0.667. The summed E-state index contributed by atoms with van der Waals surface area (Å²) >= 11 is 3.44. The molecule has 1 saturated carbocycles. The predicted molar refractivity (Wildman–Crippen MR) is 92.0 cm³/mol. The van der Waals surface area contributed by atoms with Gasteiger partial charge in [-0.2, -0.15) is 0 Å². The van der Waals surface area contributed by atoms with Crippen LogP contribution in [-0.4, -0.2) is 11.7 Å². The van der Waals surface area contributed by atoms with Crippen LogP contribution in [0.2, 0.25) is 0 Å². The standard InChI is InChI=1S/C18H28BrNO/c1-17(2,3)14-8-10-18(12-20,11-9-14)16(21)13-4-6-15(19)7-5-13/h4-7,14,16,21H,8-12,20H2,1-3H3. The number of benzene rings is 1. The molecule has 0 bridgehead atoms. The van der Waals surface area contributed by atoms with Gasteiger partial charge in [-0.1, -0.05) is 48.8 Å². The molecule has 21 heavy (non-hydrogen) atoms. The van der Waals surface area contributed by atoms with Crippen LogP contribution >= 0.6 is 15.9 Å². The van der Waals surface area contributed by atoms with Crippen molar-refractivity contribution >= 4 is 15.9 Å². The smallest absolute Gasteiger partial charge is 0.0858 e. The average Bonchev–Trinajstić information content (AvgIpc) is 2.46. The third kappa shape index (κ3) is 3.69. The van der Waals surface area contributed by atoms with Crippen molar-refractivity contribution in [3.8, 4) is 0 Å². The van der Waals surface area contributed by atoms with E-state index in [2.05, 4.69) is 36.7 Å². The first-order valence-corrected chi connectivity index (χ1v) is 8.71. The lowest BCUT2D eigenvalue weighted by atomic mass is 9.61. The molecule has 0 saturated heterocycles. The van der Waals surface area contributed by atoms with Crippen molar-refractivity contribution < 1.29 is 5.11 Å². The summed E-state index contributed by atoms with van der Waals surface area (Å²) in [6.07, 6.45) is 3.89. The minimum atomic E-state index is -0.462. The van der Waals surface area contributed by atoms with Crippen LogP contribution < -0.4 is 5.73 Å². The Morgan fingerprint density at radius 3 is 2.19 bits per heavy atom. The summed E-state index contributed by atoms with van der Waals surface area (Å²) in [6.45, 7) is 7.51. The van der Waals surface area contributed by atoms with Gasteiger partial charge < -0.3 is 10.8 Å². The van der Waals surface area contributed by atoms with E-state index >= 15 is 0 Å². The molecule has 0 radical (unpaired) electrons. The first kappa shape index (κ1) is 17.0. The Labute approximate surface area is 137 Å². The van der Waals surface area contributed by atoms with Crippen molar-refractivity contribution in [2.24, 2.45) is 22.5 Å². The van der Waals surface area contributed by atoms with Gasteiger partial charge in [-0.25, -0.2) is 0 Å². The van der Waals surface area contributed by atoms with Gasteiger partial charge in [0.1, 0.15) is 0 Å². The molecule has 0 aliphatic heterocycles. The largest absolute Gasteiger partial charge is 0.388 e. The van der Waals surface area contributed by atoms with E-state index < -0.39 is 6.10 Å². The van der Waals surface area contributed by atoms with Crippen LogP contribution in [0.5, 0.6) is 0 Å². The number of rotatable bonds is 3. The van der Waals surface area contributed by atoms with Crippen molar-refractivity contribution in [3.05, 3.63) is 34.3 Å². The zero-order valence-corrected chi connectivity index (χ0v) is 15.0. The molecule has 2 nitrogen and oxygen atoms in total. The number of halogens is 1. The van der Waals surface area contributed by atoms with Crippen LogP contribution in [0.25, 0.3) is 0 Å². The van der Waals surface area contributed by atoms with Crippen molar-refractivity contribution in [1.29, 1.82) is 0 Å². The monoisotopic (exact) mass is 353 g/mol. The topological polar surface area (TPSA) is 46.2 Å². The zero-order valence-electron chi connectivity index (χ0n) is 13.4. The Morgan fingerprint density at radius 2 is 1.76 bits per heavy atom. The third-order valence-electron chi connectivity index (χ3n) is 5.38. The SMILES string of the molecule is CC(C)(C)C1CCC(CN)(C(O)c2ccc(Br)cc2)CC1. The summed E-state index contributed by atoms with van der Waals surface area (Å²) in [5.74, 6) is 0.731. The maximum Gasteiger partial charge on any atom is 0.0858 e. The minimum Gasteiger partial charge on any atom is -0.388 e. The molecule has 1 aliphatic rings. The molecule has 0 aromatic heterocycles. The van der Waals surface area contributed by atoms with Crippen molar-refractivity contribution in [2.45, 2.75) is 52.6 Å². The van der Waals surface area contributed by atoms with Crippen LogP contribution in [0, 0.1) is 16.7 Å². The molecule has 1 aromatic carbocycles. The summed E-state index contributed by atoms with van der Waals surface area (Å²) in [6, 6.07) is 7.98. The molecule has 1 aromatic rings. The minimum absolute atomic E-state index is 0.157. The molecule has 3 N–H and O–H groups in total. The second kappa shape index (κ2) is 6.39. The molecule has 118 valence electrons. The Hall–Kier alpha value is -0.380. The summed E-state index contributed by atoms with van der Waals surface area (Å²) in [5, 5.41) is 10.9. The summed E-state index contributed by atoms with van der Waals surface area (Å²) in [5.41, 5.74) is 7.27. The van der Waals surface area contributed by atoms with Gasteiger partial charge in [0.2, 0.25) is 0 Å². The second-order valence-corrected chi connectivity index (χ2v) is 8.58. The molecule has 0 heterocycles. The van der Waals surface area contributed by atoms with Gasteiger partial charge >= 0.3 is 0 Å². The van der Waals surface area contributed by atoms with E-state index in [1.54, 1.807) is 0 Å². The van der Waals surface area contributed by atoms with Crippen LogP contribution in [0.1, 0.15) is 58.1 Å². The summed E-state index contributed by atoms with van der Waals surface area (Å²) in [4.78, 5) is 0. The van der Waals surface area contributed by atoms with Gasteiger partial charge in [-0.05, 0) is 54.7 Å². The first-order valence-electron chi connectivity index (χ1n) is 7.92. The lowest BCUT2D eigenvalue weighted by Crippen LogP contribution is -2.42. The highest BCUT2D eigenvalue weighted by Crippen LogP contribution is 2.50. The number of hydrogen-bond acceptors (Lipinski definition) is 2. The summed E-state index contributed by atoms with van der Waals surface area (Å²) in [7, 11) is 0. The number of nitrogens with two attached hydrogens (primary N) is 1. The number of hydrogen-bond donors (Lipinski definition) is 2. The van der Waals surface area contributed by atoms with E-state index in [0.717, 1.165) is 41.6 Å². The molecule has 1 atom stereocenters. The fourth-order valence-corrected chi connectivity index (χ4v) is 3.91. The van der Waals surface area contributed by atoms with Crippen molar-refractivity contribution in [2.75, 3.05) is 6.54 Å². The van der Waals surface area contributed by atoms with Crippen LogP contribution in [0.15, 0.2) is 28.7 Å². The Kier molecular flexibility index (Phi) is 5.17. The molecular weight excluding hydrogens is 326 g/mol. The maximum atomic E-state index is 10.9. The van der Waals surface area contributed by atoms with E-state index in [4.69, 9.17) is 5.73 Å². The van der Waals surface area contributed by atoms with Gasteiger partial charge in [0.15, 0.2) is 0 Å². The van der Waals surface area contributed by atoms with Gasteiger partial charge in [0.25, 0.3) is 0 Å². The Bertz CT molecular complexity index is 455. The molecular formula is C18H28BrNO. The van der Waals surface area contributed by atoms with E-state index in [0.29, 0.717) is 12.0 Å². The Morgan fingerprint density at radius 1 is 1.24 bits per heavy atom. The normalized spacial score (nSPS) is 28.4. The van der Waals surface area contributed by atoms with E-state index in [1.807, 2.05) is 24.3 Å². The molecule has 1 fully saturated rings. The number of aliphatic hydroxyl groups excluding tert-OH is 1. The molecule has 3 heteroatoms. The highest BCUT2D eigenvalue weighted by atomic mass is 79.9. The number of aliphatic hydroxyl groups is 1. The molecule has 2 rings (SSSR count). The lowest BCUT2D eigenvalue weighted by Gasteiger charge is -2.46. The van der Waals surface area contributed by atoms with E-state index in [9.17, 15) is 5.11 Å². The quantitative estimate of drug-likeness (QED) is 0.829. The fourth-order valence-electron chi connectivity index (χ4n) is 3.65. The van der Waals surface area contributed by atoms with E-state index in [1.165, 1.54) is 0 Å². The van der Waals surface area contributed by atoms with Crippen LogP contribution in [-0.2, 0) is 0 Å². The highest BCUT2D eigenvalue weighted by molar-refractivity contribution is 9.10. The van der Waals surface area contributed by atoms with Gasteiger partial charge in [-0.15, -0.1) is 0 Å². The molecule has 0 amide bonds. The van der Waals surface area contributed by atoms with Gasteiger partial charge in [0, 0.05) is 16.4 Å². The van der Waals surface area contributed by atoms with Gasteiger partial charge in [0.05, 0.1) is 6.10 Å². The van der Waals surface area contributed by atoms with Gasteiger partial charge in [-0.3, -0.25) is 0 Å². The Balaban J connectivity index is 2.14. The predicted octanol–water partition coefficient (Wildman–Crippen LogP) is 4.66. The molecule has 1 aliphatic carbocycles. The zero-order chi connectivity index (χ0) is 15.7. The third-order valence-corrected chi connectivity index (χ3v) is 5.91.